The minimum absolute atomic E-state index is 0.118. The van der Waals surface area contributed by atoms with Crippen LogP contribution in [0.15, 0.2) is 0 Å². The van der Waals surface area contributed by atoms with Gasteiger partial charge in [-0.2, -0.15) is 4.21 Å². The summed E-state index contributed by atoms with van der Waals surface area (Å²) in [6, 6.07) is 0. The van der Waals surface area contributed by atoms with Gasteiger partial charge in [0.15, 0.2) is 0 Å². The summed E-state index contributed by atoms with van der Waals surface area (Å²) in [5.74, 6) is 6.53. The van der Waals surface area contributed by atoms with Gasteiger partial charge in [0, 0.05) is 0 Å². The molecule has 4 saturated carbocycles. The number of hydrogen-bond acceptors (Lipinski definition) is 5. The van der Waals surface area contributed by atoms with Crippen molar-refractivity contribution in [3.05, 3.63) is 0 Å². The molecule has 0 radical (unpaired) electrons. The molecule has 11 atom stereocenters. The molecule has 4 rings (SSSR count). The molecule has 0 aromatic heterocycles. The first-order valence-electron chi connectivity index (χ1n) is 19.9. The average Bonchev–Trinajstić information content (AvgIpc) is 3.38. The number of unbranched alkanes of at least 4 members (excludes halogenated alkanes) is 2. The molecule has 0 aromatic rings. The van der Waals surface area contributed by atoms with E-state index in [-0.39, 0.29) is 12.0 Å². The first-order chi connectivity index (χ1) is 22.0. The van der Waals surface area contributed by atoms with E-state index in [1.807, 2.05) is 0 Å². The molecular formula is C39H77N3O3S. The van der Waals surface area contributed by atoms with Gasteiger partial charge in [-0.15, -0.1) is 0 Å². The van der Waals surface area contributed by atoms with E-state index in [0.717, 1.165) is 74.4 Å². The Morgan fingerprint density at radius 1 is 0.848 bits per heavy atom. The fourth-order valence-electron chi connectivity index (χ4n) is 11.0. The summed E-state index contributed by atoms with van der Waals surface area (Å²) in [5.41, 5.74) is 6.50. The number of rotatable bonds is 18. The molecule has 10 unspecified atom stereocenters. The van der Waals surface area contributed by atoms with Crippen LogP contribution in [0.5, 0.6) is 0 Å². The molecule has 272 valence electrons. The molecule has 4 aliphatic rings. The zero-order chi connectivity index (χ0) is 33.7. The Morgan fingerprint density at radius 2 is 1.48 bits per heavy atom. The quantitative estimate of drug-likeness (QED) is 0.0861. The monoisotopic (exact) mass is 668 g/mol. The Kier molecular flexibility index (Phi) is 17.5. The zero-order valence-corrected chi connectivity index (χ0v) is 32.1. The summed E-state index contributed by atoms with van der Waals surface area (Å²) in [6.45, 7) is 22.0. The molecule has 0 amide bonds. The largest absolute Gasteiger partial charge is 0.330 e. The molecule has 0 bridgehead atoms. The van der Waals surface area contributed by atoms with Crippen LogP contribution < -0.4 is 16.4 Å². The van der Waals surface area contributed by atoms with E-state index in [4.69, 9.17) is 9.92 Å². The summed E-state index contributed by atoms with van der Waals surface area (Å²) in [7, 11) is 0. The molecule has 0 heterocycles. The van der Waals surface area contributed by atoms with Crippen LogP contribution in [-0.2, 0) is 15.5 Å². The van der Waals surface area contributed by atoms with Gasteiger partial charge in [0.2, 0.25) is 0 Å². The predicted octanol–water partition coefficient (Wildman–Crippen LogP) is 8.97. The lowest BCUT2D eigenvalue weighted by Crippen LogP contribution is -2.53. The maximum atomic E-state index is 11.2. The molecule has 4 aliphatic carbocycles. The lowest BCUT2D eigenvalue weighted by molar-refractivity contribution is -0.120. The highest BCUT2D eigenvalue weighted by atomic mass is 32.2. The Morgan fingerprint density at radius 3 is 2.11 bits per heavy atom. The molecule has 5 N–H and O–H groups in total. The summed E-state index contributed by atoms with van der Waals surface area (Å²) >= 11 is -2.16. The van der Waals surface area contributed by atoms with Gasteiger partial charge in [-0.1, -0.05) is 61.3 Å². The van der Waals surface area contributed by atoms with Crippen molar-refractivity contribution in [3.8, 4) is 0 Å². The van der Waals surface area contributed by atoms with Crippen molar-refractivity contribution in [1.82, 2.24) is 10.6 Å². The fourth-order valence-corrected chi connectivity index (χ4v) is 11.5. The van der Waals surface area contributed by atoms with Crippen LogP contribution in [0.3, 0.4) is 0 Å². The summed E-state index contributed by atoms with van der Waals surface area (Å²) in [5, 5.41) is 6.82. The van der Waals surface area contributed by atoms with E-state index in [9.17, 15) is 8.76 Å². The van der Waals surface area contributed by atoms with E-state index in [0.29, 0.717) is 16.7 Å². The molecule has 6 nitrogen and oxygen atoms in total. The topological polar surface area (TPSA) is 96.6 Å². The van der Waals surface area contributed by atoms with Crippen LogP contribution in [0.1, 0.15) is 151 Å². The summed E-state index contributed by atoms with van der Waals surface area (Å²) in [4.78, 5) is 0. The fraction of sp³-hybridized carbons (Fsp3) is 1.00. The number of nitrogens with two attached hydrogens (primary N) is 1. The molecule has 0 saturated heterocycles. The molecule has 7 heteroatoms. The highest BCUT2D eigenvalue weighted by Gasteiger charge is 2.60. The van der Waals surface area contributed by atoms with E-state index in [1.165, 1.54) is 96.6 Å². The predicted molar refractivity (Wildman–Crippen MR) is 197 cm³/mol. The minimum Gasteiger partial charge on any atom is -0.330 e. The minimum atomic E-state index is -2.16. The second-order valence-corrected chi connectivity index (χ2v) is 17.7. The van der Waals surface area contributed by atoms with Crippen molar-refractivity contribution in [2.24, 2.45) is 63.9 Å². The van der Waals surface area contributed by atoms with Crippen LogP contribution in [0.4, 0.5) is 0 Å². The number of fused-ring (bicyclic) bond motifs is 5. The van der Waals surface area contributed by atoms with Crippen LogP contribution in [0.2, 0.25) is 0 Å². The highest BCUT2D eigenvalue weighted by Crippen LogP contribution is 2.68. The third-order valence-electron chi connectivity index (χ3n) is 13.8. The summed E-state index contributed by atoms with van der Waals surface area (Å²) in [6.07, 6.45) is 21.2. The van der Waals surface area contributed by atoms with Crippen LogP contribution in [0.25, 0.3) is 0 Å². The van der Waals surface area contributed by atoms with E-state index < -0.39 is 11.4 Å². The Balaban J connectivity index is 0.000000349. The van der Waals surface area contributed by atoms with Crippen molar-refractivity contribution in [1.29, 1.82) is 0 Å². The second kappa shape index (κ2) is 20.0. The van der Waals surface area contributed by atoms with Gasteiger partial charge in [0.1, 0.15) is 0 Å². The lowest BCUT2D eigenvalue weighted by atomic mass is 9.44. The van der Waals surface area contributed by atoms with Gasteiger partial charge in [0.25, 0.3) is 0 Å². The molecule has 0 aromatic carbocycles. The SMILES string of the molecule is CC1CCC2(C)C(CCC3C2CCC2(C)C3CCC2[C@H](C)CCC(OS(=O)O)C(C)C)C1.CCCCNCCCCNCCCN. The van der Waals surface area contributed by atoms with E-state index in [1.54, 1.807) is 0 Å². The van der Waals surface area contributed by atoms with Gasteiger partial charge in [-0.05, 0) is 181 Å². The van der Waals surface area contributed by atoms with Crippen molar-refractivity contribution in [2.75, 3.05) is 32.7 Å². The maximum absolute atomic E-state index is 11.2. The molecule has 0 aliphatic heterocycles. The van der Waals surface area contributed by atoms with Crippen molar-refractivity contribution >= 4 is 11.4 Å². The van der Waals surface area contributed by atoms with Crippen LogP contribution >= 0.6 is 0 Å². The lowest BCUT2D eigenvalue weighted by Gasteiger charge is -2.61. The van der Waals surface area contributed by atoms with Crippen molar-refractivity contribution in [3.63, 3.8) is 0 Å². The zero-order valence-electron chi connectivity index (χ0n) is 31.3. The third-order valence-corrected chi connectivity index (χ3v) is 14.2. The first kappa shape index (κ1) is 40.4. The van der Waals surface area contributed by atoms with Gasteiger partial charge in [0.05, 0.1) is 6.10 Å². The number of nitrogens with one attached hydrogen (secondary N) is 2. The number of hydrogen-bond donors (Lipinski definition) is 4. The van der Waals surface area contributed by atoms with Gasteiger partial charge in [-0.3, -0.25) is 8.74 Å². The van der Waals surface area contributed by atoms with Crippen LogP contribution in [0, 0.1) is 58.2 Å². The summed E-state index contributed by atoms with van der Waals surface area (Å²) < 4.78 is 25.8. The van der Waals surface area contributed by atoms with Gasteiger partial charge < -0.3 is 16.4 Å². The van der Waals surface area contributed by atoms with Crippen molar-refractivity contribution in [2.45, 2.75) is 157 Å². The van der Waals surface area contributed by atoms with Gasteiger partial charge >= 0.3 is 11.4 Å². The normalized spacial score (nSPS) is 35.8. The smallest absolute Gasteiger partial charge is 0.302 e. The van der Waals surface area contributed by atoms with Crippen LogP contribution in [-0.4, -0.2) is 47.6 Å². The Hall–Kier alpha value is -0.0500. The van der Waals surface area contributed by atoms with Gasteiger partial charge in [-0.25, -0.2) is 0 Å². The molecule has 4 fully saturated rings. The van der Waals surface area contributed by atoms with Crippen molar-refractivity contribution < 1.29 is 12.9 Å². The average molecular weight is 668 g/mol. The molecular weight excluding hydrogens is 591 g/mol. The Labute approximate surface area is 288 Å². The molecule has 0 spiro atoms. The van der Waals surface area contributed by atoms with E-state index >= 15 is 0 Å². The Bertz CT molecular complexity index is 863. The molecule has 46 heavy (non-hydrogen) atoms. The first-order valence-corrected chi connectivity index (χ1v) is 20.9. The maximum Gasteiger partial charge on any atom is 0.302 e. The second-order valence-electron chi connectivity index (χ2n) is 17.1. The van der Waals surface area contributed by atoms with E-state index in [2.05, 4.69) is 59.1 Å². The third kappa shape index (κ3) is 11.0. The standard InChI is InChI=1S/C28H50O3S.C11H27N3/c1-18(2)26(31-32(29)30)12-7-20(4)23-10-11-24-22-9-8-21-17-19(3)13-15-27(21,5)25(22)14-16-28(23,24)6;1-2-3-8-13-9-4-5-10-14-11-6-7-12/h18-26H,7-17H2,1-6H3,(H,29,30);13-14H,2-12H2,1H3/t19?,20-,21?,22?,23?,24?,25?,26?,27?,28?;/m1./s1. The highest BCUT2D eigenvalue weighted by molar-refractivity contribution is 7.74.